The molecule has 1 aromatic rings. The lowest BCUT2D eigenvalue weighted by Gasteiger charge is -2.12. The lowest BCUT2D eigenvalue weighted by molar-refractivity contribution is -0.122. The van der Waals surface area contributed by atoms with Crippen molar-refractivity contribution < 1.29 is 14.3 Å². The summed E-state index contributed by atoms with van der Waals surface area (Å²) in [6, 6.07) is 7.41. The van der Waals surface area contributed by atoms with E-state index in [2.05, 4.69) is 12.8 Å². The molecule has 1 atom stereocenters. The third-order valence-corrected chi connectivity index (χ3v) is 4.12. The molecule has 1 aliphatic heterocycles. The van der Waals surface area contributed by atoms with Crippen molar-refractivity contribution in [1.29, 1.82) is 0 Å². The van der Waals surface area contributed by atoms with Gasteiger partial charge in [0.25, 0.3) is 11.1 Å². The van der Waals surface area contributed by atoms with Gasteiger partial charge in [-0.3, -0.25) is 14.5 Å². The topological polar surface area (TPSA) is 46.6 Å². The van der Waals surface area contributed by atoms with Crippen molar-refractivity contribution in [3.63, 3.8) is 0 Å². The van der Waals surface area contributed by atoms with Crippen molar-refractivity contribution in [3.05, 3.63) is 34.7 Å². The molecule has 0 unspecified atom stereocenters. The van der Waals surface area contributed by atoms with Gasteiger partial charge in [0.1, 0.15) is 5.75 Å². The summed E-state index contributed by atoms with van der Waals surface area (Å²) < 4.78 is 5.70. The van der Waals surface area contributed by atoms with E-state index in [4.69, 9.17) is 11.2 Å². The van der Waals surface area contributed by atoms with E-state index in [1.165, 1.54) is 0 Å². The van der Waals surface area contributed by atoms with Crippen LogP contribution >= 0.6 is 11.8 Å². The largest absolute Gasteiger partial charge is 0.491 e. The highest BCUT2D eigenvalue weighted by molar-refractivity contribution is 8.18. The van der Waals surface area contributed by atoms with Gasteiger partial charge < -0.3 is 4.74 Å². The van der Waals surface area contributed by atoms with Crippen LogP contribution in [-0.2, 0) is 4.79 Å². The van der Waals surface area contributed by atoms with E-state index in [-0.39, 0.29) is 23.8 Å². The highest BCUT2D eigenvalue weighted by atomic mass is 32.2. The van der Waals surface area contributed by atoms with Gasteiger partial charge in [-0.2, -0.15) is 0 Å². The molecule has 22 heavy (non-hydrogen) atoms. The van der Waals surface area contributed by atoms with E-state index >= 15 is 0 Å². The van der Waals surface area contributed by atoms with E-state index < -0.39 is 0 Å². The van der Waals surface area contributed by atoms with Gasteiger partial charge in [0, 0.05) is 0 Å². The molecule has 0 aromatic heterocycles. The number of rotatable bonds is 5. The normalized spacial score (nSPS) is 17.7. The van der Waals surface area contributed by atoms with Crippen molar-refractivity contribution in [3.8, 4) is 18.1 Å². The van der Waals surface area contributed by atoms with Crippen LogP contribution in [0.3, 0.4) is 0 Å². The van der Waals surface area contributed by atoms with Crippen LogP contribution in [0.2, 0.25) is 0 Å². The van der Waals surface area contributed by atoms with Gasteiger partial charge in [-0.15, -0.1) is 6.42 Å². The average molecular weight is 315 g/mol. The molecule has 0 N–H and O–H groups in total. The fraction of sp³-hybridized carbons (Fsp3) is 0.294. The van der Waals surface area contributed by atoms with E-state index in [9.17, 15) is 9.59 Å². The van der Waals surface area contributed by atoms with Crippen molar-refractivity contribution in [1.82, 2.24) is 4.90 Å². The Morgan fingerprint density at radius 1 is 1.36 bits per heavy atom. The molecule has 1 fully saturated rings. The maximum Gasteiger partial charge on any atom is 0.294 e. The molecular weight excluding hydrogens is 298 g/mol. The highest BCUT2D eigenvalue weighted by Gasteiger charge is 2.34. The predicted octanol–water partition coefficient (Wildman–Crippen LogP) is 3.53. The van der Waals surface area contributed by atoms with Gasteiger partial charge in [-0.1, -0.05) is 25.0 Å². The van der Waals surface area contributed by atoms with E-state index in [1.807, 2.05) is 31.2 Å². The molecule has 4 nitrogen and oxygen atoms in total. The van der Waals surface area contributed by atoms with Crippen LogP contribution in [0.4, 0.5) is 4.79 Å². The number of hydrogen-bond donors (Lipinski definition) is 0. The fourth-order valence-corrected chi connectivity index (χ4v) is 2.68. The third kappa shape index (κ3) is 3.71. The molecule has 0 spiro atoms. The fourth-order valence-electron chi connectivity index (χ4n) is 1.84. The van der Waals surface area contributed by atoms with Gasteiger partial charge >= 0.3 is 0 Å². The number of imide groups is 1. The first kappa shape index (κ1) is 16.2. The van der Waals surface area contributed by atoms with E-state index in [1.54, 1.807) is 6.08 Å². The molecular formula is C17H17NO3S. The average Bonchev–Trinajstić information content (AvgIpc) is 2.77. The van der Waals surface area contributed by atoms with Crippen LogP contribution in [0.15, 0.2) is 29.2 Å². The first-order valence-electron chi connectivity index (χ1n) is 7.00. The molecule has 2 rings (SSSR count). The minimum atomic E-state index is -0.340. The number of terminal acetylenes is 1. The second-order valence-electron chi connectivity index (χ2n) is 4.88. The summed E-state index contributed by atoms with van der Waals surface area (Å²) in [7, 11) is 0. The Balaban J connectivity index is 2.12. The summed E-state index contributed by atoms with van der Waals surface area (Å²) in [5.74, 6) is 2.76. The van der Waals surface area contributed by atoms with Gasteiger partial charge in [0.15, 0.2) is 0 Å². The zero-order valence-corrected chi connectivity index (χ0v) is 13.4. The first-order chi connectivity index (χ1) is 10.5. The number of nitrogens with zero attached hydrogens (tertiary/aromatic N) is 1. The summed E-state index contributed by atoms with van der Waals surface area (Å²) in [6.07, 6.45) is 7.94. The molecule has 1 aliphatic rings. The predicted molar refractivity (Wildman–Crippen MR) is 88.3 cm³/mol. The van der Waals surface area contributed by atoms with E-state index in [0.29, 0.717) is 4.91 Å². The molecule has 1 saturated heterocycles. The minimum absolute atomic E-state index is 0.00366. The molecule has 0 bridgehead atoms. The second-order valence-corrected chi connectivity index (χ2v) is 5.87. The second kappa shape index (κ2) is 7.19. The zero-order valence-electron chi connectivity index (χ0n) is 12.5. The number of carbonyl (C=O) groups excluding carboxylic acids is 2. The first-order valence-corrected chi connectivity index (χ1v) is 7.82. The highest BCUT2D eigenvalue weighted by Crippen LogP contribution is 2.32. The lowest BCUT2D eigenvalue weighted by atomic mass is 10.2. The number of hydrogen-bond acceptors (Lipinski definition) is 4. The molecule has 0 saturated carbocycles. The van der Waals surface area contributed by atoms with Crippen molar-refractivity contribution in [2.45, 2.75) is 26.4 Å². The van der Waals surface area contributed by atoms with Gasteiger partial charge in [-0.05, 0) is 48.9 Å². The Kier molecular flexibility index (Phi) is 5.29. The summed E-state index contributed by atoms with van der Waals surface area (Å²) >= 11 is 0.907. The van der Waals surface area contributed by atoms with Crippen LogP contribution in [-0.4, -0.2) is 28.7 Å². The Morgan fingerprint density at radius 2 is 2.05 bits per heavy atom. The van der Waals surface area contributed by atoms with Crippen LogP contribution in [0, 0.1) is 12.3 Å². The standard InChI is InChI=1S/C17H17NO3S/c1-4-10-18-16(19)15(22-17(18)20)11-13-6-8-14(9-7-13)21-12(3)5-2/h1,6-9,11-12H,5,10H2,2-3H3/b15-11-/t12-/m0/s1. The molecule has 0 radical (unpaired) electrons. The zero-order chi connectivity index (χ0) is 16.1. The quantitative estimate of drug-likeness (QED) is 0.616. The monoisotopic (exact) mass is 315 g/mol. The van der Waals surface area contributed by atoms with Crippen LogP contribution in [0.5, 0.6) is 5.75 Å². The SMILES string of the molecule is C#CCN1C(=O)S/C(=C\c2ccc(O[C@@H](C)CC)cc2)C1=O. The van der Waals surface area contributed by atoms with Crippen molar-refractivity contribution >= 4 is 29.0 Å². The van der Waals surface area contributed by atoms with Crippen LogP contribution in [0.1, 0.15) is 25.8 Å². The maximum atomic E-state index is 12.1. The number of ether oxygens (including phenoxy) is 1. The molecule has 1 aromatic carbocycles. The summed E-state index contributed by atoms with van der Waals surface area (Å²) in [5.41, 5.74) is 0.836. The number of carbonyl (C=O) groups is 2. The smallest absolute Gasteiger partial charge is 0.294 e. The molecule has 0 aliphatic carbocycles. The lowest BCUT2D eigenvalue weighted by Crippen LogP contribution is -2.28. The number of amides is 2. The third-order valence-electron chi connectivity index (χ3n) is 3.21. The summed E-state index contributed by atoms with van der Waals surface area (Å²) in [5, 5.41) is -0.328. The van der Waals surface area contributed by atoms with E-state index in [0.717, 1.165) is 34.4 Å². The summed E-state index contributed by atoms with van der Waals surface area (Å²) in [4.78, 5) is 25.2. The van der Waals surface area contributed by atoms with Gasteiger partial charge in [0.05, 0.1) is 17.6 Å². The van der Waals surface area contributed by atoms with Crippen molar-refractivity contribution in [2.75, 3.05) is 6.54 Å². The van der Waals surface area contributed by atoms with Gasteiger partial charge in [-0.25, -0.2) is 0 Å². The number of benzene rings is 1. The Hall–Kier alpha value is -2.19. The molecule has 1 heterocycles. The number of thioether (sulfide) groups is 1. The van der Waals surface area contributed by atoms with Gasteiger partial charge in [0.2, 0.25) is 0 Å². The molecule has 114 valence electrons. The maximum absolute atomic E-state index is 12.1. The Labute approximate surface area is 134 Å². The van der Waals surface area contributed by atoms with Crippen LogP contribution < -0.4 is 4.74 Å². The molecule has 5 heteroatoms. The van der Waals surface area contributed by atoms with Crippen molar-refractivity contribution in [2.24, 2.45) is 0 Å². The minimum Gasteiger partial charge on any atom is -0.491 e. The Bertz CT molecular complexity index is 643. The summed E-state index contributed by atoms with van der Waals surface area (Å²) in [6.45, 7) is 4.07. The Morgan fingerprint density at radius 3 is 2.64 bits per heavy atom. The van der Waals surface area contributed by atoms with Crippen LogP contribution in [0.25, 0.3) is 6.08 Å². The molecule has 2 amide bonds.